The molecular weight excluding hydrogens is 332 g/mol. The van der Waals surface area contributed by atoms with Gasteiger partial charge in [0.2, 0.25) is 0 Å². The number of carbonyl (C=O) groups is 1. The quantitative estimate of drug-likeness (QED) is 0.671. The molecule has 2 aromatic carbocycles. The van der Waals surface area contributed by atoms with Gasteiger partial charge in [-0.05, 0) is 36.6 Å². The Morgan fingerprint density at radius 1 is 1.12 bits per heavy atom. The van der Waals surface area contributed by atoms with Crippen LogP contribution in [0.4, 0.5) is 0 Å². The Kier molecular flexibility index (Phi) is 4.74. The van der Waals surface area contributed by atoms with E-state index in [2.05, 4.69) is 10.3 Å². The maximum atomic E-state index is 12.6. The number of nitrogens with one attached hydrogen (secondary N) is 1. The lowest BCUT2D eigenvalue weighted by Crippen LogP contribution is -2.33. The summed E-state index contributed by atoms with van der Waals surface area (Å²) in [7, 11) is 0. The van der Waals surface area contributed by atoms with Crippen LogP contribution in [0.5, 0.6) is 0 Å². The van der Waals surface area contributed by atoms with E-state index in [0.29, 0.717) is 17.0 Å². The Labute approximate surface area is 151 Å². The van der Waals surface area contributed by atoms with Crippen LogP contribution >= 0.6 is 11.8 Å². The van der Waals surface area contributed by atoms with E-state index in [0.717, 1.165) is 35.1 Å². The Bertz CT molecular complexity index is 851. The fraction of sp³-hybridized carbons (Fsp3) is 0.300. The van der Waals surface area contributed by atoms with E-state index in [4.69, 9.17) is 4.42 Å². The van der Waals surface area contributed by atoms with Gasteiger partial charge in [0.15, 0.2) is 5.58 Å². The third kappa shape index (κ3) is 3.71. The Balaban J connectivity index is 1.47. The van der Waals surface area contributed by atoms with Crippen LogP contribution in [0.3, 0.4) is 0 Å². The zero-order valence-corrected chi connectivity index (χ0v) is 14.7. The van der Waals surface area contributed by atoms with Crippen molar-refractivity contribution in [3.63, 3.8) is 0 Å². The first kappa shape index (κ1) is 16.2. The smallest absolute Gasteiger partial charge is 0.257 e. The maximum absolute atomic E-state index is 12.6. The first-order valence-corrected chi connectivity index (χ1v) is 9.65. The van der Waals surface area contributed by atoms with Crippen LogP contribution in [-0.2, 0) is 5.75 Å². The number of benzene rings is 2. The van der Waals surface area contributed by atoms with Gasteiger partial charge in [-0.25, -0.2) is 4.98 Å². The molecule has 1 fully saturated rings. The molecule has 1 aliphatic carbocycles. The number of thioether (sulfide) groups is 1. The summed E-state index contributed by atoms with van der Waals surface area (Å²) in [5, 5.41) is 3.80. The largest absolute Gasteiger partial charge is 0.431 e. The van der Waals surface area contributed by atoms with Crippen LogP contribution in [0.1, 0.15) is 41.6 Å². The molecule has 1 heterocycles. The van der Waals surface area contributed by atoms with Crippen molar-refractivity contribution in [2.75, 3.05) is 0 Å². The lowest BCUT2D eigenvalue weighted by Gasteiger charge is -2.14. The van der Waals surface area contributed by atoms with Gasteiger partial charge in [0, 0.05) is 17.4 Å². The summed E-state index contributed by atoms with van der Waals surface area (Å²) in [4.78, 5) is 17.1. The van der Waals surface area contributed by atoms with E-state index < -0.39 is 0 Å². The van der Waals surface area contributed by atoms with Gasteiger partial charge in [-0.1, -0.05) is 54.9 Å². The minimum absolute atomic E-state index is 0.0284. The van der Waals surface area contributed by atoms with Crippen molar-refractivity contribution in [3.05, 3.63) is 59.7 Å². The van der Waals surface area contributed by atoms with Gasteiger partial charge in [-0.3, -0.25) is 4.79 Å². The highest BCUT2D eigenvalue weighted by molar-refractivity contribution is 7.98. The molecule has 0 radical (unpaired) electrons. The average Bonchev–Trinajstić information content (AvgIpc) is 3.29. The number of carbonyl (C=O) groups excluding carboxylic acids is 1. The molecule has 1 saturated carbocycles. The van der Waals surface area contributed by atoms with Crippen molar-refractivity contribution < 1.29 is 9.21 Å². The summed E-state index contributed by atoms with van der Waals surface area (Å²) in [6, 6.07) is 15.8. The highest BCUT2D eigenvalue weighted by Crippen LogP contribution is 2.27. The number of amides is 1. The Morgan fingerprint density at radius 2 is 1.88 bits per heavy atom. The molecule has 0 atom stereocenters. The van der Waals surface area contributed by atoms with Crippen molar-refractivity contribution in [1.29, 1.82) is 0 Å². The van der Waals surface area contributed by atoms with Gasteiger partial charge < -0.3 is 9.73 Å². The normalized spacial score (nSPS) is 14.9. The molecule has 1 aliphatic rings. The molecule has 5 heteroatoms. The zero-order valence-electron chi connectivity index (χ0n) is 13.9. The second-order valence-electron chi connectivity index (χ2n) is 6.35. The Hall–Kier alpha value is -2.27. The fourth-order valence-corrected chi connectivity index (χ4v) is 4.10. The number of oxazole rings is 1. The monoisotopic (exact) mass is 352 g/mol. The SMILES string of the molecule is O=C(NC1CCCC1)c1ccccc1CSc1nc2ccccc2o1. The molecule has 3 aromatic rings. The third-order valence-electron chi connectivity index (χ3n) is 4.58. The van der Waals surface area contributed by atoms with E-state index in [1.807, 2.05) is 48.5 Å². The lowest BCUT2D eigenvalue weighted by atomic mass is 10.1. The first-order valence-electron chi connectivity index (χ1n) is 8.67. The van der Waals surface area contributed by atoms with Crippen molar-refractivity contribution >= 4 is 28.8 Å². The van der Waals surface area contributed by atoms with Gasteiger partial charge in [0.25, 0.3) is 11.1 Å². The highest BCUT2D eigenvalue weighted by Gasteiger charge is 2.19. The molecule has 0 unspecified atom stereocenters. The second-order valence-corrected chi connectivity index (χ2v) is 7.27. The molecule has 1 amide bonds. The molecule has 0 saturated heterocycles. The van der Waals surface area contributed by atoms with Crippen molar-refractivity contribution in [2.45, 2.75) is 42.7 Å². The van der Waals surface area contributed by atoms with Crippen LogP contribution in [0.15, 0.2) is 58.2 Å². The molecule has 0 bridgehead atoms. The van der Waals surface area contributed by atoms with Crippen LogP contribution < -0.4 is 5.32 Å². The lowest BCUT2D eigenvalue weighted by molar-refractivity contribution is 0.0937. The first-order chi connectivity index (χ1) is 12.3. The number of fused-ring (bicyclic) bond motifs is 1. The number of hydrogen-bond acceptors (Lipinski definition) is 4. The minimum Gasteiger partial charge on any atom is -0.431 e. The van der Waals surface area contributed by atoms with Gasteiger partial charge in [-0.15, -0.1) is 0 Å². The topological polar surface area (TPSA) is 55.1 Å². The van der Waals surface area contributed by atoms with E-state index in [1.54, 1.807) is 0 Å². The predicted molar refractivity (Wildman–Crippen MR) is 99.7 cm³/mol. The van der Waals surface area contributed by atoms with Crippen molar-refractivity contribution in [2.24, 2.45) is 0 Å². The third-order valence-corrected chi connectivity index (χ3v) is 5.45. The summed E-state index contributed by atoms with van der Waals surface area (Å²) in [5.74, 6) is 0.682. The van der Waals surface area contributed by atoms with E-state index in [-0.39, 0.29) is 5.91 Å². The van der Waals surface area contributed by atoms with Gasteiger partial charge in [0.05, 0.1) is 0 Å². The summed E-state index contributed by atoms with van der Waals surface area (Å²) >= 11 is 1.52. The zero-order chi connectivity index (χ0) is 17.1. The number of aromatic nitrogens is 1. The molecule has 4 rings (SSSR count). The average molecular weight is 352 g/mol. The van der Waals surface area contributed by atoms with Gasteiger partial charge in [0.1, 0.15) is 5.52 Å². The van der Waals surface area contributed by atoms with Crippen LogP contribution in [-0.4, -0.2) is 16.9 Å². The Morgan fingerprint density at radius 3 is 2.72 bits per heavy atom. The number of nitrogens with zero attached hydrogens (tertiary/aromatic N) is 1. The molecule has 0 aliphatic heterocycles. The van der Waals surface area contributed by atoms with Crippen molar-refractivity contribution in [1.82, 2.24) is 10.3 Å². The maximum Gasteiger partial charge on any atom is 0.257 e. The molecular formula is C20H20N2O2S. The predicted octanol–water partition coefficient (Wildman–Crippen LogP) is 4.79. The summed E-state index contributed by atoms with van der Waals surface area (Å²) in [6.45, 7) is 0. The van der Waals surface area contributed by atoms with Crippen molar-refractivity contribution in [3.8, 4) is 0 Å². The van der Waals surface area contributed by atoms with E-state index in [9.17, 15) is 4.79 Å². The molecule has 25 heavy (non-hydrogen) atoms. The highest BCUT2D eigenvalue weighted by atomic mass is 32.2. The van der Waals surface area contributed by atoms with Crippen LogP contribution in [0, 0.1) is 0 Å². The van der Waals surface area contributed by atoms with E-state index >= 15 is 0 Å². The van der Waals surface area contributed by atoms with Crippen LogP contribution in [0.2, 0.25) is 0 Å². The van der Waals surface area contributed by atoms with E-state index in [1.165, 1.54) is 24.6 Å². The summed E-state index contributed by atoms with van der Waals surface area (Å²) in [5.41, 5.74) is 3.40. The summed E-state index contributed by atoms with van der Waals surface area (Å²) in [6.07, 6.45) is 4.59. The number of hydrogen-bond donors (Lipinski definition) is 1. The fourth-order valence-electron chi connectivity index (χ4n) is 3.25. The molecule has 0 spiro atoms. The molecule has 1 N–H and O–H groups in total. The van der Waals surface area contributed by atoms with Gasteiger partial charge in [-0.2, -0.15) is 0 Å². The molecule has 4 nitrogen and oxygen atoms in total. The standard InChI is InChI=1S/C20H20N2O2S/c23-19(21-15-8-2-3-9-15)16-10-4-1-7-14(16)13-25-20-22-17-11-5-6-12-18(17)24-20/h1,4-7,10-12,15H,2-3,8-9,13H2,(H,21,23). The minimum atomic E-state index is 0.0284. The second kappa shape index (κ2) is 7.31. The molecule has 1 aromatic heterocycles. The van der Waals surface area contributed by atoms with Gasteiger partial charge >= 0.3 is 0 Å². The summed E-state index contributed by atoms with van der Waals surface area (Å²) < 4.78 is 5.75. The molecule has 128 valence electrons. The number of para-hydroxylation sites is 2. The van der Waals surface area contributed by atoms with Crippen LogP contribution in [0.25, 0.3) is 11.1 Å². The number of rotatable bonds is 5.